The molecule has 2 N–H and O–H groups in total. The summed E-state index contributed by atoms with van der Waals surface area (Å²) >= 11 is 0. The van der Waals surface area contributed by atoms with Crippen molar-refractivity contribution < 1.29 is 14.3 Å². The number of carbonyl (C=O) groups excluding carboxylic acids is 2. The van der Waals surface area contributed by atoms with Gasteiger partial charge in [-0.2, -0.15) is 9.90 Å². The summed E-state index contributed by atoms with van der Waals surface area (Å²) in [6.07, 6.45) is 0.834. The van der Waals surface area contributed by atoms with Crippen LogP contribution in [0.5, 0.6) is 0 Å². The third-order valence-electron chi connectivity index (χ3n) is 4.15. The van der Waals surface area contributed by atoms with E-state index in [4.69, 9.17) is 0 Å². The summed E-state index contributed by atoms with van der Waals surface area (Å²) in [5.74, 6) is 0.0902. The molecule has 0 bridgehead atoms. The summed E-state index contributed by atoms with van der Waals surface area (Å²) in [7, 11) is 1.24. The number of carbonyl (C=O) groups is 2. The second-order valence-corrected chi connectivity index (χ2v) is 8.86. The summed E-state index contributed by atoms with van der Waals surface area (Å²) in [5, 5.41) is 19.1. The first kappa shape index (κ1) is 23.0. The lowest BCUT2D eigenvalue weighted by molar-refractivity contribution is -0.125. The largest absolute Gasteiger partial charge is 0.453 e. The highest BCUT2D eigenvalue weighted by atomic mass is 16.5. The molecular formula is C20H29N7O3. The summed E-state index contributed by atoms with van der Waals surface area (Å²) in [4.78, 5) is 25.5. The van der Waals surface area contributed by atoms with Gasteiger partial charge in [0.25, 0.3) is 5.91 Å². The van der Waals surface area contributed by atoms with E-state index in [0.717, 1.165) is 11.1 Å². The van der Waals surface area contributed by atoms with Gasteiger partial charge >= 0.3 is 6.09 Å². The van der Waals surface area contributed by atoms with E-state index in [9.17, 15) is 9.59 Å². The van der Waals surface area contributed by atoms with Crippen molar-refractivity contribution in [1.29, 1.82) is 0 Å². The standard InChI is InChI=1S/C20H29N7O3/c1-19(2,3)15(22-18(29)30-7)17(28)24-21-12-13-8-10-14(11-9-13)16-23-26-27(25-16)20(4,5)6/h8-12,15H,1-7H3,(H,22,29)(H,24,28)/b21-12+/t15-/m1/s1. The average molecular weight is 415 g/mol. The van der Waals surface area contributed by atoms with E-state index >= 15 is 0 Å². The molecule has 0 aliphatic rings. The monoisotopic (exact) mass is 415 g/mol. The van der Waals surface area contributed by atoms with E-state index in [0.29, 0.717) is 5.82 Å². The Kier molecular flexibility index (Phi) is 6.91. The third-order valence-corrected chi connectivity index (χ3v) is 4.15. The molecule has 1 atom stereocenters. The zero-order valence-electron chi connectivity index (χ0n) is 18.4. The lowest BCUT2D eigenvalue weighted by Crippen LogP contribution is -2.52. The number of alkyl carbamates (subject to hydrolysis) is 1. The van der Waals surface area contributed by atoms with Gasteiger partial charge in [-0.05, 0) is 37.0 Å². The minimum absolute atomic E-state index is 0.246. The number of nitrogens with one attached hydrogen (secondary N) is 2. The molecule has 2 aromatic rings. The van der Waals surface area contributed by atoms with Crippen LogP contribution in [0.2, 0.25) is 0 Å². The van der Waals surface area contributed by atoms with Crippen molar-refractivity contribution in [2.75, 3.05) is 7.11 Å². The lowest BCUT2D eigenvalue weighted by atomic mass is 9.86. The zero-order chi connectivity index (χ0) is 22.5. The predicted octanol–water partition coefficient (Wildman–Crippen LogP) is 2.32. The molecule has 10 nitrogen and oxygen atoms in total. The number of tetrazole rings is 1. The molecule has 0 aliphatic carbocycles. The minimum Gasteiger partial charge on any atom is -0.453 e. The van der Waals surface area contributed by atoms with Crippen LogP contribution in [0.15, 0.2) is 29.4 Å². The highest BCUT2D eigenvalue weighted by Crippen LogP contribution is 2.20. The molecule has 1 aromatic heterocycles. The number of amides is 2. The van der Waals surface area contributed by atoms with Crippen LogP contribution >= 0.6 is 0 Å². The Morgan fingerprint density at radius 2 is 1.77 bits per heavy atom. The third kappa shape index (κ3) is 6.10. The molecule has 0 unspecified atom stereocenters. The number of hydrazone groups is 1. The van der Waals surface area contributed by atoms with Crippen LogP contribution in [-0.2, 0) is 15.1 Å². The number of hydrogen-bond acceptors (Lipinski definition) is 7. The van der Waals surface area contributed by atoms with Gasteiger partial charge in [0, 0.05) is 5.56 Å². The number of rotatable bonds is 5. The van der Waals surface area contributed by atoms with E-state index in [1.807, 2.05) is 65.8 Å². The van der Waals surface area contributed by atoms with Gasteiger partial charge in [0.1, 0.15) is 6.04 Å². The van der Waals surface area contributed by atoms with Gasteiger partial charge in [-0.1, -0.05) is 45.0 Å². The second-order valence-electron chi connectivity index (χ2n) is 8.86. The van der Waals surface area contributed by atoms with Crippen LogP contribution in [0.1, 0.15) is 47.1 Å². The fourth-order valence-corrected chi connectivity index (χ4v) is 2.42. The van der Waals surface area contributed by atoms with Crippen molar-refractivity contribution in [3.8, 4) is 11.4 Å². The van der Waals surface area contributed by atoms with E-state index in [2.05, 4.69) is 36.0 Å². The number of methoxy groups -OCH3 is 1. The minimum atomic E-state index is -0.805. The molecule has 0 saturated carbocycles. The van der Waals surface area contributed by atoms with E-state index in [1.165, 1.54) is 13.3 Å². The van der Waals surface area contributed by atoms with Crippen LogP contribution < -0.4 is 10.7 Å². The molecule has 0 fully saturated rings. The van der Waals surface area contributed by atoms with Gasteiger partial charge in [-0.15, -0.1) is 10.2 Å². The molecule has 30 heavy (non-hydrogen) atoms. The van der Waals surface area contributed by atoms with Gasteiger partial charge in [0.2, 0.25) is 5.82 Å². The molecule has 0 radical (unpaired) electrons. The summed E-state index contributed by atoms with van der Waals surface area (Å²) in [6, 6.07) is 6.56. The molecule has 162 valence electrons. The van der Waals surface area contributed by atoms with E-state index in [-0.39, 0.29) is 5.54 Å². The van der Waals surface area contributed by atoms with Gasteiger partial charge in [-0.3, -0.25) is 4.79 Å². The van der Waals surface area contributed by atoms with Gasteiger partial charge in [0.15, 0.2) is 0 Å². The normalized spacial score (nSPS) is 13.2. The zero-order valence-corrected chi connectivity index (χ0v) is 18.4. The van der Waals surface area contributed by atoms with Crippen LogP contribution in [-0.4, -0.2) is 51.6 Å². The Morgan fingerprint density at radius 1 is 1.13 bits per heavy atom. The summed E-state index contributed by atoms with van der Waals surface area (Å²) < 4.78 is 4.58. The summed E-state index contributed by atoms with van der Waals surface area (Å²) in [5.41, 5.74) is 3.28. The van der Waals surface area contributed by atoms with Gasteiger partial charge in [-0.25, -0.2) is 10.2 Å². The highest BCUT2D eigenvalue weighted by Gasteiger charge is 2.33. The maximum Gasteiger partial charge on any atom is 0.407 e. The summed E-state index contributed by atoms with van der Waals surface area (Å²) in [6.45, 7) is 11.5. The van der Waals surface area contributed by atoms with Crippen molar-refractivity contribution in [3.05, 3.63) is 29.8 Å². The molecule has 0 aliphatic heterocycles. The number of hydrogen-bond donors (Lipinski definition) is 2. The number of nitrogens with zero attached hydrogens (tertiary/aromatic N) is 5. The van der Waals surface area contributed by atoms with Gasteiger partial charge in [0.05, 0.1) is 18.9 Å². The maximum atomic E-state index is 12.4. The quantitative estimate of drug-likeness (QED) is 0.571. The Morgan fingerprint density at radius 3 is 2.27 bits per heavy atom. The Hall–Kier alpha value is -3.30. The van der Waals surface area contributed by atoms with Crippen molar-refractivity contribution in [3.63, 3.8) is 0 Å². The number of benzene rings is 1. The smallest absolute Gasteiger partial charge is 0.407 e. The first-order valence-corrected chi connectivity index (χ1v) is 9.50. The topological polar surface area (TPSA) is 123 Å². The molecule has 0 spiro atoms. The van der Waals surface area contributed by atoms with E-state index in [1.54, 1.807) is 4.80 Å². The maximum absolute atomic E-state index is 12.4. The molecule has 2 amide bonds. The second kappa shape index (κ2) is 9.02. The molecular weight excluding hydrogens is 386 g/mol. The molecule has 10 heteroatoms. The first-order chi connectivity index (χ1) is 13.9. The SMILES string of the molecule is COC(=O)N[C@H](C(=O)N/N=C/c1ccc(-c2nnn(C(C)(C)C)n2)cc1)C(C)(C)C. The van der Waals surface area contributed by atoms with Gasteiger partial charge < -0.3 is 10.1 Å². The lowest BCUT2D eigenvalue weighted by Gasteiger charge is -2.28. The predicted molar refractivity (Wildman–Crippen MR) is 113 cm³/mol. The Balaban J connectivity index is 2.03. The fourth-order valence-electron chi connectivity index (χ4n) is 2.42. The van der Waals surface area contributed by atoms with Crippen molar-refractivity contribution in [2.24, 2.45) is 10.5 Å². The highest BCUT2D eigenvalue weighted by molar-refractivity contribution is 5.88. The molecule has 0 saturated heterocycles. The molecule has 1 heterocycles. The average Bonchev–Trinajstić information content (AvgIpc) is 3.16. The Bertz CT molecular complexity index is 906. The fraction of sp³-hybridized carbons (Fsp3) is 0.500. The van der Waals surface area contributed by atoms with Crippen LogP contribution in [0.3, 0.4) is 0 Å². The van der Waals surface area contributed by atoms with Crippen LogP contribution in [0, 0.1) is 5.41 Å². The Labute approximate surface area is 176 Å². The molecule has 1 aromatic carbocycles. The molecule has 2 rings (SSSR count). The van der Waals surface area contributed by atoms with E-state index < -0.39 is 23.5 Å². The van der Waals surface area contributed by atoms with Crippen molar-refractivity contribution in [2.45, 2.75) is 53.1 Å². The number of aromatic nitrogens is 4. The first-order valence-electron chi connectivity index (χ1n) is 9.50. The number of ether oxygens (including phenoxy) is 1. The van der Waals surface area contributed by atoms with Crippen LogP contribution in [0.25, 0.3) is 11.4 Å². The van der Waals surface area contributed by atoms with Crippen molar-refractivity contribution in [1.82, 2.24) is 30.9 Å². The van der Waals surface area contributed by atoms with Crippen LogP contribution in [0.4, 0.5) is 4.79 Å². The van der Waals surface area contributed by atoms with Crippen molar-refractivity contribution >= 4 is 18.2 Å².